The van der Waals surface area contributed by atoms with Crippen LogP contribution in [0, 0.1) is 35.5 Å². The fourth-order valence-corrected chi connectivity index (χ4v) is 30.5. The standard InChI is InChI=1S/2C10H13.C3H6.2ClH.Zr/c2*1-8-6-9-4-2-3-5-10(9)7-8;1-3-2;;;/h2*2-6,8-10H,7H2,1H3;3H,1H2,2H3;2*1H;/q;;;;;+2/p-2. The fraction of sp³-hybridized carbons (Fsp3) is 0.652. The van der Waals surface area contributed by atoms with Crippen molar-refractivity contribution >= 4 is 0 Å². The molecule has 3 heteroatoms. The molecule has 0 amide bonds. The first-order valence-electron chi connectivity index (χ1n) is 10.3. The number of hydrogen-bond acceptors (Lipinski definition) is 0. The second-order valence-corrected chi connectivity index (χ2v) is 21.9. The molecular formula is C23H32Cl2Zr. The normalized spacial score (nSPS) is 50.3. The Bertz CT molecular complexity index is 601. The number of hydrogen-bond donors (Lipinski definition) is 0. The van der Waals surface area contributed by atoms with E-state index in [9.17, 15) is 0 Å². The summed E-state index contributed by atoms with van der Waals surface area (Å²) in [5, 5.41) is 0. The van der Waals surface area contributed by atoms with E-state index in [0.29, 0.717) is 0 Å². The minimum atomic E-state index is -2.13. The summed E-state index contributed by atoms with van der Waals surface area (Å²) in [7, 11) is 0. The third kappa shape index (κ3) is 2.95. The number of fused-ring (bicyclic) bond motifs is 2. The molecule has 0 aromatic rings. The van der Waals surface area contributed by atoms with Crippen molar-refractivity contribution in [2.45, 2.75) is 48.6 Å². The van der Waals surface area contributed by atoms with E-state index in [2.05, 4.69) is 69.4 Å². The molecular weight excluding hydrogens is 438 g/mol. The van der Waals surface area contributed by atoms with E-state index in [-0.39, 0.29) is 24.8 Å². The quantitative estimate of drug-likeness (QED) is 0.559. The van der Waals surface area contributed by atoms with Crippen LogP contribution in [0.5, 0.6) is 0 Å². The molecule has 9 atom stereocenters. The Kier molecular flexibility index (Phi) is 6.25. The van der Waals surface area contributed by atoms with Gasteiger partial charge in [-0.1, -0.05) is 0 Å². The Balaban J connectivity index is 0.000000980. The van der Waals surface area contributed by atoms with Gasteiger partial charge in [0.2, 0.25) is 0 Å². The summed E-state index contributed by atoms with van der Waals surface area (Å²) in [5.74, 6) is 5.49. The van der Waals surface area contributed by atoms with Crippen LogP contribution in [0.2, 0.25) is 15.0 Å². The van der Waals surface area contributed by atoms with Crippen molar-refractivity contribution in [3.63, 3.8) is 0 Å². The summed E-state index contributed by atoms with van der Waals surface area (Å²) in [6, 6.07) is 0. The minimum absolute atomic E-state index is 0. The molecule has 2 saturated carbocycles. The van der Waals surface area contributed by atoms with Crippen molar-refractivity contribution in [3.8, 4) is 0 Å². The first-order valence-corrected chi connectivity index (χ1v) is 16.3. The van der Waals surface area contributed by atoms with Crippen molar-refractivity contribution in [3.05, 3.63) is 48.6 Å². The van der Waals surface area contributed by atoms with E-state index in [1.54, 1.807) is 4.13 Å². The summed E-state index contributed by atoms with van der Waals surface area (Å²) in [6.45, 7) is 7.88. The van der Waals surface area contributed by atoms with Gasteiger partial charge in [-0.25, -0.2) is 0 Å². The van der Waals surface area contributed by atoms with Gasteiger partial charge in [0.25, 0.3) is 0 Å². The van der Waals surface area contributed by atoms with Crippen molar-refractivity contribution < 1.29 is 45.1 Å². The molecule has 1 aliphatic heterocycles. The van der Waals surface area contributed by atoms with Gasteiger partial charge in [0.1, 0.15) is 0 Å². The maximum atomic E-state index is 2.65. The largest absolute Gasteiger partial charge is 1.00 e. The topological polar surface area (TPSA) is 0 Å². The van der Waals surface area contributed by atoms with Gasteiger partial charge in [0.15, 0.2) is 0 Å². The third-order valence-electron chi connectivity index (χ3n) is 8.60. The Labute approximate surface area is 176 Å². The van der Waals surface area contributed by atoms with Crippen LogP contribution in [-0.4, -0.2) is 0 Å². The predicted molar refractivity (Wildman–Crippen MR) is 99.8 cm³/mol. The van der Waals surface area contributed by atoms with Crippen molar-refractivity contribution in [2.24, 2.45) is 35.5 Å². The fourth-order valence-electron chi connectivity index (χ4n) is 7.89. The van der Waals surface area contributed by atoms with E-state index in [4.69, 9.17) is 0 Å². The molecule has 0 spiro atoms. The maximum Gasteiger partial charge on any atom is -1.00 e. The van der Waals surface area contributed by atoms with E-state index >= 15 is 0 Å². The van der Waals surface area contributed by atoms with Crippen molar-refractivity contribution in [1.29, 1.82) is 0 Å². The summed E-state index contributed by atoms with van der Waals surface area (Å²) in [4.78, 5) is 0. The molecule has 0 aromatic heterocycles. The molecule has 5 rings (SSSR count). The zero-order valence-corrected chi connectivity index (χ0v) is 20.2. The van der Waals surface area contributed by atoms with Gasteiger partial charge in [0, 0.05) is 0 Å². The molecule has 0 nitrogen and oxygen atoms in total. The smallest absolute Gasteiger partial charge is 1.00 e. The SMILES string of the molecule is CC1CC2C=CC=CC2[CH]1[Zr+2]1([CH]2C(C)CC3C=CC=CC32)[CH2][CH]1C.[Cl-].[Cl-]. The van der Waals surface area contributed by atoms with E-state index in [1.807, 2.05) is 0 Å². The molecule has 26 heavy (non-hydrogen) atoms. The van der Waals surface area contributed by atoms with Crippen LogP contribution >= 0.6 is 0 Å². The Morgan fingerprint density at radius 2 is 1.04 bits per heavy atom. The van der Waals surface area contributed by atoms with Gasteiger partial charge in [-0.3, -0.25) is 0 Å². The number of halogens is 2. The van der Waals surface area contributed by atoms with Crippen LogP contribution in [-0.2, 0) is 20.3 Å². The summed E-state index contributed by atoms with van der Waals surface area (Å²) in [6.07, 6.45) is 22.6. The van der Waals surface area contributed by atoms with Crippen LogP contribution in [0.3, 0.4) is 0 Å². The molecule has 142 valence electrons. The molecule has 0 aromatic carbocycles. The Hall–Kier alpha value is 0.423. The molecule has 0 N–H and O–H groups in total. The zero-order valence-electron chi connectivity index (χ0n) is 16.2. The molecule has 3 fully saturated rings. The van der Waals surface area contributed by atoms with Gasteiger partial charge in [-0.2, -0.15) is 0 Å². The van der Waals surface area contributed by atoms with Gasteiger partial charge in [-0.05, 0) is 0 Å². The number of allylic oxidation sites excluding steroid dienone is 8. The van der Waals surface area contributed by atoms with Crippen LogP contribution in [0.4, 0.5) is 0 Å². The summed E-state index contributed by atoms with van der Waals surface area (Å²) >= 11 is -2.13. The van der Waals surface area contributed by atoms with Crippen LogP contribution in [0.15, 0.2) is 48.6 Å². The predicted octanol–water partition coefficient (Wildman–Crippen LogP) is 0.762. The molecule has 9 unspecified atom stereocenters. The molecule has 4 aliphatic carbocycles. The van der Waals surface area contributed by atoms with Crippen molar-refractivity contribution in [2.75, 3.05) is 0 Å². The first-order chi connectivity index (χ1) is 11.6. The van der Waals surface area contributed by atoms with Gasteiger partial charge < -0.3 is 24.8 Å². The molecule has 1 saturated heterocycles. The maximum absolute atomic E-state index is 2.65. The van der Waals surface area contributed by atoms with Crippen LogP contribution < -0.4 is 24.8 Å². The van der Waals surface area contributed by atoms with E-state index in [0.717, 1.165) is 46.4 Å². The van der Waals surface area contributed by atoms with Crippen LogP contribution in [0.1, 0.15) is 33.6 Å². The average Bonchev–Trinajstić information content (AvgIpc) is 2.94. The minimum Gasteiger partial charge on any atom is -1.00 e. The monoisotopic (exact) mass is 468 g/mol. The van der Waals surface area contributed by atoms with E-state index < -0.39 is 20.3 Å². The van der Waals surface area contributed by atoms with Crippen LogP contribution in [0.25, 0.3) is 0 Å². The van der Waals surface area contributed by atoms with E-state index in [1.165, 1.54) is 12.8 Å². The summed E-state index contributed by atoms with van der Waals surface area (Å²) in [5.41, 5.74) is 0. The molecule has 0 radical (unpaired) electrons. The zero-order chi connectivity index (χ0) is 16.5. The van der Waals surface area contributed by atoms with Gasteiger partial charge in [0.05, 0.1) is 0 Å². The van der Waals surface area contributed by atoms with Gasteiger partial charge >= 0.3 is 153 Å². The Morgan fingerprint density at radius 3 is 1.42 bits per heavy atom. The second-order valence-electron chi connectivity index (χ2n) is 9.72. The van der Waals surface area contributed by atoms with Crippen molar-refractivity contribution in [1.82, 2.24) is 0 Å². The first kappa shape index (κ1) is 21.1. The molecule has 0 bridgehead atoms. The summed E-state index contributed by atoms with van der Waals surface area (Å²) < 4.78 is 5.06. The Morgan fingerprint density at radius 1 is 0.654 bits per heavy atom. The second kappa shape index (κ2) is 7.68. The average molecular weight is 471 g/mol. The number of rotatable bonds is 2. The third-order valence-corrected chi connectivity index (χ3v) is 26.4. The molecule has 1 heterocycles. The van der Waals surface area contributed by atoms with Gasteiger partial charge in [-0.15, -0.1) is 0 Å². The molecule has 5 aliphatic rings.